The summed E-state index contributed by atoms with van der Waals surface area (Å²) in [6.45, 7) is 3.36. The number of nitrogens with two attached hydrogens (primary N) is 1. The molecule has 0 aromatic rings. The SMILES string of the molecule is COC(=O)C(C)(N)CCCCOCCC1CC1. The number of rotatable bonds is 9. The monoisotopic (exact) mass is 243 g/mol. The topological polar surface area (TPSA) is 61.5 Å². The average molecular weight is 243 g/mol. The van der Waals surface area contributed by atoms with Crippen LogP contribution >= 0.6 is 0 Å². The first-order valence-corrected chi connectivity index (χ1v) is 6.51. The summed E-state index contributed by atoms with van der Waals surface area (Å²) in [4.78, 5) is 11.3. The smallest absolute Gasteiger partial charge is 0.325 e. The van der Waals surface area contributed by atoms with Gasteiger partial charge in [-0.25, -0.2) is 0 Å². The second-order valence-electron chi connectivity index (χ2n) is 5.21. The third-order valence-corrected chi connectivity index (χ3v) is 3.25. The van der Waals surface area contributed by atoms with Crippen LogP contribution in [0, 0.1) is 5.92 Å². The minimum atomic E-state index is -0.858. The Hall–Kier alpha value is -0.610. The van der Waals surface area contributed by atoms with Crippen LogP contribution < -0.4 is 5.73 Å². The summed E-state index contributed by atoms with van der Waals surface area (Å²) in [6.07, 6.45) is 6.46. The van der Waals surface area contributed by atoms with Crippen LogP contribution in [0.5, 0.6) is 0 Å². The van der Waals surface area contributed by atoms with Crippen molar-refractivity contribution >= 4 is 5.97 Å². The van der Waals surface area contributed by atoms with E-state index in [1.54, 1.807) is 6.92 Å². The molecule has 0 spiro atoms. The predicted molar refractivity (Wildman–Crippen MR) is 66.6 cm³/mol. The number of hydrogen-bond acceptors (Lipinski definition) is 4. The van der Waals surface area contributed by atoms with Crippen molar-refractivity contribution in [2.24, 2.45) is 11.7 Å². The van der Waals surface area contributed by atoms with Crippen LogP contribution in [0.15, 0.2) is 0 Å². The summed E-state index contributed by atoms with van der Waals surface area (Å²) < 4.78 is 10.2. The van der Waals surface area contributed by atoms with Gasteiger partial charge < -0.3 is 15.2 Å². The van der Waals surface area contributed by atoms with Gasteiger partial charge in [-0.3, -0.25) is 4.79 Å². The fourth-order valence-corrected chi connectivity index (χ4v) is 1.79. The standard InChI is InChI=1S/C13H25NO3/c1-13(14,12(15)16-2)8-3-4-9-17-10-7-11-5-6-11/h11H,3-10,14H2,1-2H3. The van der Waals surface area contributed by atoms with Gasteiger partial charge in [0.05, 0.1) is 7.11 Å². The van der Waals surface area contributed by atoms with Crippen LogP contribution in [0.1, 0.15) is 45.4 Å². The van der Waals surface area contributed by atoms with Crippen molar-refractivity contribution in [3.8, 4) is 0 Å². The third-order valence-electron chi connectivity index (χ3n) is 3.25. The first-order valence-electron chi connectivity index (χ1n) is 6.51. The molecule has 1 fully saturated rings. The highest BCUT2D eigenvalue weighted by atomic mass is 16.5. The van der Waals surface area contributed by atoms with Crippen molar-refractivity contribution in [3.63, 3.8) is 0 Å². The molecule has 0 radical (unpaired) electrons. The molecule has 1 aliphatic carbocycles. The Bertz CT molecular complexity index is 237. The molecule has 0 amide bonds. The van der Waals surface area contributed by atoms with Crippen molar-refractivity contribution in [3.05, 3.63) is 0 Å². The molecule has 0 bridgehead atoms. The van der Waals surface area contributed by atoms with Crippen molar-refractivity contribution < 1.29 is 14.3 Å². The number of carbonyl (C=O) groups is 1. The third kappa shape index (κ3) is 6.03. The van der Waals surface area contributed by atoms with E-state index in [2.05, 4.69) is 4.74 Å². The van der Waals surface area contributed by atoms with Gasteiger partial charge in [-0.15, -0.1) is 0 Å². The van der Waals surface area contributed by atoms with Gasteiger partial charge in [0, 0.05) is 13.2 Å². The molecule has 1 aliphatic rings. The van der Waals surface area contributed by atoms with E-state index in [9.17, 15) is 4.79 Å². The van der Waals surface area contributed by atoms with E-state index >= 15 is 0 Å². The van der Waals surface area contributed by atoms with E-state index in [1.807, 2.05) is 0 Å². The summed E-state index contributed by atoms with van der Waals surface area (Å²) in [7, 11) is 1.37. The van der Waals surface area contributed by atoms with Gasteiger partial charge in [-0.1, -0.05) is 12.8 Å². The summed E-state index contributed by atoms with van der Waals surface area (Å²) >= 11 is 0. The van der Waals surface area contributed by atoms with E-state index in [0.29, 0.717) is 6.42 Å². The Morgan fingerprint density at radius 3 is 2.65 bits per heavy atom. The van der Waals surface area contributed by atoms with Crippen LogP contribution in [0.4, 0.5) is 0 Å². The average Bonchev–Trinajstić information content (AvgIpc) is 3.10. The molecule has 0 saturated heterocycles. The first kappa shape index (κ1) is 14.5. The Kier molecular flexibility index (Phi) is 5.92. The van der Waals surface area contributed by atoms with Crippen LogP contribution in [0.25, 0.3) is 0 Å². The lowest BCUT2D eigenvalue weighted by Crippen LogP contribution is -2.45. The molecule has 0 aromatic heterocycles. The van der Waals surface area contributed by atoms with Gasteiger partial charge in [0.15, 0.2) is 0 Å². The lowest BCUT2D eigenvalue weighted by molar-refractivity contribution is -0.146. The number of unbranched alkanes of at least 4 members (excludes halogenated alkanes) is 1. The summed E-state index contributed by atoms with van der Waals surface area (Å²) in [5.74, 6) is 0.591. The Morgan fingerprint density at radius 1 is 1.35 bits per heavy atom. The zero-order chi connectivity index (χ0) is 12.7. The molecular weight excluding hydrogens is 218 g/mol. The Labute approximate surface area is 104 Å². The molecule has 0 aromatic carbocycles. The number of esters is 1. The van der Waals surface area contributed by atoms with Crippen LogP contribution in [0.3, 0.4) is 0 Å². The minimum Gasteiger partial charge on any atom is -0.468 e. The fraction of sp³-hybridized carbons (Fsp3) is 0.923. The van der Waals surface area contributed by atoms with Crippen LogP contribution in [-0.4, -0.2) is 31.8 Å². The molecule has 100 valence electrons. The molecule has 1 atom stereocenters. The highest BCUT2D eigenvalue weighted by Crippen LogP contribution is 2.32. The summed E-state index contributed by atoms with van der Waals surface area (Å²) in [5, 5.41) is 0. The Balaban J connectivity index is 1.93. The van der Waals surface area contributed by atoms with Gasteiger partial charge in [0.1, 0.15) is 5.54 Å². The number of methoxy groups -OCH3 is 1. The fourth-order valence-electron chi connectivity index (χ4n) is 1.79. The second kappa shape index (κ2) is 6.97. The van der Waals surface area contributed by atoms with E-state index in [4.69, 9.17) is 10.5 Å². The van der Waals surface area contributed by atoms with Gasteiger partial charge in [0.25, 0.3) is 0 Å². The normalized spacial score (nSPS) is 18.8. The first-order chi connectivity index (χ1) is 8.06. The molecule has 1 unspecified atom stereocenters. The van der Waals surface area contributed by atoms with Crippen molar-refractivity contribution in [2.75, 3.05) is 20.3 Å². The molecule has 0 heterocycles. The quantitative estimate of drug-likeness (QED) is 0.496. The second-order valence-corrected chi connectivity index (χ2v) is 5.21. The summed E-state index contributed by atoms with van der Waals surface area (Å²) in [5.41, 5.74) is 4.99. The van der Waals surface area contributed by atoms with Crippen LogP contribution in [0.2, 0.25) is 0 Å². The van der Waals surface area contributed by atoms with Crippen molar-refractivity contribution in [1.82, 2.24) is 0 Å². The lowest BCUT2D eigenvalue weighted by Gasteiger charge is -2.20. The molecule has 17 heavy (non-hydrogen) atoms. The van der Waals surface area contributed by atoms with E-state index < -0.39 is 5.54 Å². The van der Waals surface area contributed by atoms with E-state index in [1.165, 1.54) is 26.4 Å². The van der Waals surface area contributed by atoms with Gasteiger partial charge in [0.2, 0.25) is 0 Å². The van der Waals surface area contributed by atoms with Crippen molar-refractivity contribution in [1.29, 1.82) is 0 Å². The largest absolute Gasteiger partial charge is 0.468 e. The van der Waals surface area contributed by atoms with Crippen molar-refractivity contribution in [2.45, 2.75) is 51.0 Å². The number of hydrogen-bond donors (Lipinski definition) is 1. The van der Waals surface area contributed by atoms with E-state index in [0.717, 1.165) is 32.0 Å². The maximum absolute atomic E-state index is 11.3. The maximum atomic E-state index is 11.3. The minimum absolute atomic E-state index is 0.341. The van der Waals surface area contributed by atoms with E-state index in [-0.39, 0.29) is 5.97 Å². The molecule has 4 nitrogen and oxygen atoms in total. The predicted octanol–water partition coefficient (Wildman–Crippen LogP) is 1.86. The van der Waals surface area contributed by atoms with Gasteiger partial charge >= 0.3 is 5.97 Å². The zero-order valence-electron chi connectivity index (χ0n) is 11.0. The number of carbonyl (C=O) groups excluding carboxylic acids is 1. The molecule has 4 heteroatoms. The highest BCUT2D eigenvalue weighted by Gasteiger charge is 2.28. The maximum Gasteiger partial charge on any atom is 0.325 e. The molecular formula is C13H25NO3. The van der Waals surface area contributed by atoms with Gasteiger partial charge in [-0.05, 0) is 38.5 Å². The molecule has 0 aliphatic heterocycles. The highest BCUT2D eigenvalue weighted by molar-refractivity contribution is 5.79. The molecule has 2 N–H and O–H groups in total. The zero-order valence-corrected chi connectivity index (χ0v) is 11.0. The summed E-state index contributed by atoms with van der Waals surface area (Å²) in [6, 6.07) is 0. The van der Waals surface area contributed by atoms with Crippen LogP contribution in [-0.2, 0) is 14.3 Å². The lowest BCUT2D eigenvalue weighted by atomic mass is 9.96. The number of ether oxygens (including phenoxy) is 2. The van der Waals surface area contributed by atoms with Gasteiger partial charge in [-0.2, -0.15) is 0 Å². The Morgan fingerprint density at radius 2 is 2.06 bits per heavy atom. The molecule has 1 saturated carbocycles. The molecule has 1 rings (SSSR count).